The molecule has 4 aromatic rings. The van der Waals surface area contributed by atoms with Crippen molar-refractivity contribution < 1.29 is 53.3 Å². The van der Waals surface area contributed by atoms with Crippen LogP contribution < -0.4 is 34.7 Å². The Balaban J connectivity index is 0.00000370. The predicted octanol–water partition coefficient (Wildman–Crippen LogP) is 2.33. The maximum Gasteiger partial charge on any atom is 1.00 e. The standard InChI is InChI=1S/C32H27F2NO3S.Na/c1-31(2,38)25-8-3-4-9-29(25)39-19-32(18-23(32)16-30(36)37)22-7-5-6-20(14-22)10-12-24-13-11-21-15-26(33)27(34)17-28(21)35-24;/h3-9,11,13-15,17,23,38H,16,18-19H2,1-2H3,(H,36,37);/q;+1/p-1. The van der Waals surface area contributed by atoms with Gasteiger partial charge in [0.05, 0.1) is 11.1 Å². The summed E-state index contributed by atoms with van der Waals surface area (Å²) in [6, 6.07) is 20.9. The third-order valence-corrected chi connectivity index (χ3v) is 8.51. The molecule has 5 rings (SSSR count). The molecule has 1 aliphatic carbocycles. The smallest absolute Gasteiger partial charge is 0.550 e. The van der Waals surface area contributed by atoms with E-state index in [9.17, 15) is 23.8 Å². The van der Waals surface area contributed by atoms with Crippen LogP contribution in [0.25, 0.3) is 10.9 Å². The van der Waals surface area contributed by atoms with Gasteiger partial charge in [0.15, 0.2) is 11.6 Å². The van der Waals surface area contributed by atoms with Crippen molar-refractivity contribution in [2.75, 3.05) is 5.75 Å². The minimum atomic E-state index is -1.07. The van der Waals surface area contributed by atoms with Gasteiger partial charge in [0.2, 0.25) is 0 Å². The Kier molecular flexibility index (Phi) is 9.08. The molecule has 0 radical (unpaired) electrons. The van der Waals surface area contributed by atoms with E-state index in [1.54, 1.807) is 37.7 Å². The van der Waals surface area contributed by atoms with Gasteiger partial charge in [-0.05, 0) is 86.1 Å². The molecule has 2 atom stereocenters. The molecule has 1 aromatic heterocycles. The summed E-state index contributed by atoms with van der Waals surface area (Å²) in [4.78, 5) is 16.8. The third-order valence-electron chi connectivity index (χ3n) is 7.18. The molecule has 1 N–H and O–H groups in total. The Labute approximate surface area is 258 Å². The van der Waals surface area contributed by atoms with Crippen molar-refractivity contribution in [3.63, 3.8) is 0 Å². The van der Waals surface area contributed by atoms with Crippen LogP contribution in [0, 0.1) is 29.4 Å². The number of carbonyl (C=O) groups excluding carboxylic acids is 1. The van der Waals surface area contributed by atoms with Crippen molar-refractivity contribution in [3.8, 4) is 11.8 Å². The van der Waals surface area contributed by atoms with Gasteiger partial charge in [0.1, 0.15) is 5.69 Å². The number of nitrogens with zero attached hydrogens (tertiary/aromatic N) is 1. The fourth-order valence-electron chi connectivity index (χ4n) is 5.00. The Morgan fingerprint density at radius 2 is 1.82 bits per heavy atom. The zero-order valence-corrected chi connectivity index (χ0v) is 25.3. The Morgan fingerprint density at radius 1 is 1.07 bits per heavy atom. The average Bonchev–Trinajstić information content (AvgIpc) is 3.59. The van der Waals surface area contributed by atoms with Gasteiger partial charge in [-0.2, -0.15) is 0 Å². The van der Waals surface area contributed by atoms with Crippen LogP contribution in [0.15, 0.2) is 77.7 Å². The van der Waals surface area contributed by atoms with E-state index in [2.05, 4.69) is 16.8 Å². The molecule has 40 heavy (non-hydrogen) atoms. The molecule has 198 valence electrons. The number of pyridine rings is 1. The molecule has 4 nitrogen and oxygen atoms in total. The molecule has 0 amide bonds. The van der Waals surface area contributed by atoms with Gasteiger partial charge < -0.3 is 15.0 Å². The van der Waals surface area contributed by atoms with Gasteiger partial charge in [0.25, 0.3) is 0 Å². The maximum atomic E-state index is 13.6. The predicted molar refractivity (Wildman–Crippen MR) is 146 cm³/mol. The third kappa shape index (κ3) is 6.59. The molecule has 1 heterocycles. The first-order chi connectivity index (χ1) is 18.5. The van der Waals surface area contributed by atoms with Crippen LogP contribution in [-0.2, 0) is 15.8 Å². The molecule has 1 aliphatic rings. The molecule has 0 spiro atoms. The molecule has 2 unspecified atom stereocenters. The van der Waals surface area contributed by atoms with E-state index in [0.717, 1.165) is 33.7 Å². The van der Waals surface area contributed by atoms with E-state index in [1.165, 1.54) is 0 Å². The van der Waals surface area contributed by atoms with Crippen LogP contribution in [0.5, 0.6) is 0 Å². The van der Waals surface area contributed by atoms with Crippen molar-refractivity contribution in [1.82, 2.24) is 4.98 Å². The topological polar surface area (TPSA) is 73.2 Å². The Bertz CT molecular complexity index is 1640. The fourth-order valence-corrected chi connectivity index (χ4v) is 6.58. The van der Waals surface area contributed by atoms with E-state index in [4.69, 9.17) is 0 Å². The summed E-state index contributed by atoms with van der Waals surface area (Å²) < 4.78 is 27.1. The summed E-state index contributed by atoms with van der Waals surface area (Å²) in [6.07, 6.45) is 0.686. The van der Waals surface area contributed by atoms with Crippen LogP contribution in [0.2, 0.25) is 0 Å². The quantitative estimate of drug-likeness (QED) is 0.212. The van der Waals surface area contributed by atoms with Gasteiger partial charge in [-0.1, -0.05) is 36.3 Å². The normalized spacial score (nSPS) is 18.0. The van der Waals surface area contributed by atoms with Gasteiger partial charge >= 0.3 is 29.6 Å². The molecule has 1 fully saturated rings. The van der Waals surface area contributed by atoms with E-state index >= 15 is 0 Å². The summed E-state index contributed by atoms with van der Waals surface area (Å²) in [6.45, 7) is 3.50. The van der Waals surface area contributed by atoms with Crippen molar-refractivity contribution in [3.05, 3.63) is 107 Å². The Hall–Kier alpha value is -2.73. The van der Waals surface area contributed by atoms with E-state index in [1.807, 2.05) is 48.5 Å². The summed E-state index contributed by atoms with van der Waals surface area (Å²) in [5.74, 6) is 3.72. The second-order valence-electron chi connectivity index (χ2n) is 10.5. The molecule has 0 saturated heterocycles. The second-order valence-corrected chi connectivity index (χ2v) is 11.5. The number of carboxylic acid groups (broad SMARTS) is 1. The van der Waals surface area contributed by atoms with Gasteiger partial charge in [-0.25, -0.2) is 13.8 Å². The second kappa shape index (κ2) is 12.0. The van der Waals surface area contributed by atoms with Crippen LogP contribution in [0.3, 0.4) is 0 Å². The zero-order valence-electron chi connectivity index (χ0n) is 22.5. The van der Waals surface area contributed by atoms with Crippen molar-refractivity contribution >= 4 is 28.6 Å². The SMILES string of the molecule is CC(C)(O)c1ccccc1SCC1(c2cccc(C#Cc3ccc4cc(F)c(F)cc4n3)c2)CC1CC(=O)[O-].[Na+]. The molecular formula is C32H26F2NNaO3S. The van der Waals surface area contributed by atoms with Crippen LogP contribution in [0.1, 0.15) is 49.1 Å². The number of thioether (sulfide) groups is 1. The minimum Gasteiger partial charge on any atom is -0.550 e. The summed E-state index contributed by atoms with van der Waals surface area (Å²) in [5.41, 5.74) is 1.94. The number of hydrogen-bond acceptors (Lipinski definition) is 5. The van der Waals surface area contributed by atoms with E-state index in [-0.39, 0.29) is 47.3 Å². The minimum absolute atomic E-state index is 0. The number of rotatable bonds is 7. The molecular weight excluding hydrogens is 539 g/mol. The first-order valence-corrected chi connectivity index (χ1v) is 13.6. The summed E-state index contributed by atoms with van der Waals surface area (Å²) in [7, 11) is 0. The van der Waals surface area contributed by atoms with Crippen LogP contribution in [-0.4, -0.2) is 21.8 Å². The van der Waals surface area contributed by atoms with Crippen molar-refractivity contribution in [1.29, 1.82) is 0 Å². The largest absolute Gasteiger partial charge is 1.00 e. The van der Waals surface area contributed by atoms with Crippen molar-refractivity contribution in [2.24, 2.45) is 5.92 Å². The van der Waals surface area contributed by atoms with Gasteiger partial charge in [0, 0.05) is 39.0 Å². The first-order valence-electron chi connectivity index (χ1n) is 12.6. The van der Waals surface area contributed by atoms with Crippen LogP contribution >= 0.6 is 11.8 Å². The molecule has 3 aromatic carbocycles. The average molecular weight is 566 g/mol. The number of carbonyl (C=O) groups is 1. The van der Waals surface area contributed by atoms with E-state index in [0.29, 0.717) is 28.8 Å². The zero-order chi connectivity index (χ0) is 27.8. The molecule has 1 saturated carbocycles. The first kappa shape index (κ1) is 30.2. The Morgan fingerprint density at radius 3 is 2.58 bits per heavy atom. The number of hydrogen-bond donors (Lipinski definition) is 1. The molecule has 0 aliphatic heterocycles. The molecule has 0 bridgehead atoms. The monoisotopic (exact) mass is 565 g/mol. The van der Waals surface area contributed by atoms with E-state index < -0.39 is 23.2 Å². The van der Waals surface area contributed by atoms with Gasteiger partial charge in [-0.15, -0.1) is 11.8 Å². The number of aliphatic carboxylic acids is 1. The number of halogens is 2. The fraction of sp³-hybridized carbons (Fsp3) is 0.250. The number of carboxylic acids is 1. The summed E-state index contributed by atoms with van der Waals surface area (Å²) in [5, 5.41) is 22.6. The molecule has 8 heteroatoms. The maximum absolute atomic E-state index is 13.6. The number of benzene rings is 3. The van der Waals surface area contributed by atoms with Crippen molar-refractivity contribution in [2.45, 2.75) is 42.6 Å². The number of fused-ring (bicyclic) bond motifs is 1. The number of aliphatic hydroxyl groups is 1. The van der Waals surface area contributed by atoms with Gasteiger partial charge in [-0.3, -0.25) is 0 Å². The summed E-state index contributed by atoms with van der Waals surface area (Å²) >= 11 is 1.61. The van der Waals surface area contributed by atoms with Crippen LogP contribution in [0.4, 0.5) is 8.78 Å². The number of aromatic nitrogens is 1.